The van der Waals surface area contributed by atoms with Gasteiger partial charge in [-0.2, -0.15) is 5.26 Å². The summed E-state index contributed by atoms with van der Waals surface area (Å²) in [7, 11) is 0. The number of carbonyl (C=O) groups excluding carboxylic acids is 1. The summed E-state index contributed by atoms with van der Waals surface area (Å²) in [5, 5.41) is 10.8. The van der Waals surface area contributed by atoms with Crippen LogP contribution in [0.4, 0.5) is 18.9 Å². The molecule has 0 bridgehead atoms. The van der Waals surface area contributed by atoms with E-state index in [2.05, 4.69) is 10.3 Å². The van der Waals surface area contributed by atoms with Gasteiger partial charge in [-0.25, -0.2) is 18.2 Å². The van der Waals surface area contributed by atoms with Crippen LogP contribution in [0.5, 0.6) is 0 Å². The number of rotatable bonds is 2. The van der Waals surface area contributed by atoms with Crippen molar-refractivity contribution in [1.82, 2.24) is 4.98 Å². The average Bonchev–Trinajstić information content (AvgIpc) is 2.44. The van der Waals surface area contributed by atoms with Crippen molar-refractivity contribution < 1.29 is 18.0 Å². The molecule has 1 amide bonds. The maximum Gasteiger partial charge on any atom is 0.274 e. The zero-order chi connectivity index (χ0) is 14.7. The van der Waals surface area contributed by atoms with E-state index >= 15 is 0 Å². The Kier molecular flexibility index (Phi) is 3.66. The topological polar surface area (TPSA) is 65.8 Å². The number of anilines is 1. The summed E-state index contributed by atoms with van der Waals surface area (Å²) >= 11 is 0. The summed E-state index contributed by atoms with van der Waals surface area (Å²) in [6.07, 6.45) is 1.18. The molecule has 2 rings (SSSR count). The Labute approximate surface area is 111 Å². The highest BCUT2D eigenvalue weighted by molar-refractivity contribution is 6.02. The van der Waals surface area contributed by atoms with Gasteiger partial charge in [-0.3, -0.25) is 4.79 Å². The first-order valence-electron chi connectivity index (χ1n) is 5.33. The minimum absolute atomic E-state index is 0.0471. The first kappa shape index (κ1) is 13.5. The molecule has 0 aliphatic heterocycles. The van der Waals surface area contributed by atoms with Gasteiger partial charge in [-0.05, 0) is 12.1 Å². The number of benzene rings is 1. The van der Waals surface area contributed by atoms with Crippen LogP contribution in [0.1, 0.15) is 16.1 Å². The molecular formula is C13H6F3N3O. The average molecular weight is 277 g/mol. The molecule has 100 valence electrons. The normalized spacial score (nSPS) is 9.90. The highest BCUT2D eigenvalue weighted by Crippen LogP contribution is 2.17. The van der Waals surface area contributed by atoms with E-state index in [1.54, 1.807) is 0 Å². The largest absolute Gasteiger partial charge is 0.320 e. The quantitative estimate of drug-likeness (QED) is 0.858. The fourth-order valence-corrected chi connectivity index (χ4v) is 1.42. The van der Waals surface area contributed by atoms with E-state index in [1.807, 2.05) is 6.07 Å². The van der Waals surface area contributed by atoms with Gasteiger partial charge in [-0.1, -0.05) is 0 Å². The Hall–Kier alpha value is -2.88. The molecule has 1 heterocycles. The molecule has 4 nitrogen and oxygen atoms in total. The van der Waals surface area contributed by atoms with Gasteiger partial charge in [0.25, 0.3) is 5.91 Å². The third-order valence-corrected chi connectivity index (χ3v) is 2.37. The number of nitrogens with zero attached hydrogens (tertiary/aromatic N) is 2. The van der Waals surface area contributed by atoms with Crippen molar-refractivity contribution in [3.8, 4) is 6.07 Å². The number of pyridine rings is 1. The van der Waals surface area contributed by atoms with Crippen LogP contribution < -0.4 is 5.32 Å². The van der Waals surface area contributed by atoms with E-state index in [1.165, 1.54) is 18.3 Å². The van der Waals surface area contributed by atoms with Gasteiger partial charge in [0.1, 0.15) is 11.8 Å². The zero-order valence-electron chi connectivity index (χ0n) is 9.82. The maximum absolute atomic E-state index is 13.0. The van der Waals surface area contributed by atoms with Gasteiger partial charge in [0, 0.05) is 24.0 Å². The summed E-state index contributed by atoms with van der Waals surface area (Å²) < 4.78 is 38.7. The molecule has 0 saturated carbocycles. The molecule has 0 aliphatic rings. The van der Waals surface area contributed by atoms with Gasteiger partial charge in [0.2, 0.25) is 0 Å². The highest BCUT2D eigenvalue weighted by Gasteiger charge is 2.13. The third kappa shape index (κ3) is 2.75. The standard InChI is InChI=1S/C13H6F3N3O/c14-9-3-8(4-10(15)12(9)16)19-13(20)11-2-1-7(5-17)6-18-11/h1-4,6H,(H,19,20). The molecule has 0 saturated heterocycles. The number of carbonyl (C=O) groups is 1. The van der Waals surface area contributed by atoms with Gasteiger partial charge >= 0.3 is 0 Å². The Balaban J connectivity index is 2.21. The van der Waals surface area contributed by atoms with E-state index < -0.39 is 23.4 Å². The van der Waals surface area contributed by atoms with Crippen molar-refractivity contribution in [2.45, 2.75) is 0 Å². The molecule has 2 aromatic rings. The Morgan fingerprint density at radius 3 is 2.35 bits per heavy atom. The number of halogens is 3. The molecule has 0 fully saturated rings. The summed E-state index contributed by atoms with van der Waals surface area (Å²) in [4.78, 5) is 15.4. The molecule has 20 heavy (non-hydrogen) atoms. The minimum Gasteiger partial charge on any atom is -0.320 e. The molecule has 1 aromatic heterocycles. The number of hydrogen-bond donors (Lipinski definition) is 1. The smallest absolute Gasteiger partial charge is 0.274 e. The molecule has 0 aliphatic carbocycles. The summed E-state index contributed by atoms with van der Waals surface area (Å²) in [5.74, 6) is -5.17. The molecule has 0 radical (unpaired) electrons. The predicted molar refractivity (Wildman–Crippen MR) is 63.2 cm³/mol. The van der Waals surface area contributed by atoms with Crippen LogP contribution in [-0.4, -0.2) is 10.9 Å². The number of nitrogens with one attached hydrogen (secondary N) is 1. The predicted octanol–water partition coefficient (Wildman–Crippen LogP) is 2.62. The van der Waals surface area contributed by atoms with Gasteiger partial charge in [-0.15, -0.1) is 0 Å². The monoisotopic (exact) mass is 277 g/mol. The van der Waals surface area contributed by atoms with Crippen LogP contribution in [0.2, 0.25) is 0 Å². The third-order valence-electron chi connectivity index (χ3n) is 2.37. The zero-order valence-corrected chi connectivity index (χ0v) is 9.82. The molecule has 1 aromatic carbocycles. The lowest BCUT2D eigenvalue weighted by molar-refractivity contribution is 0.102. The van der Waals surface area contributed by atoms with E-state index in [0.717, 1.165) is 0 Å². The van der Waals surface area contributed by atoms with Crippen molar-refractivity contribution >= 4 is 11.6 Å². The SMILES string of the molecule is N#Cc1ccc(C(=O)Nc2cc(F)c(F)c(F)c2)nc1. The van der Waals surface area contributed by atoms with Crippen LogP contribution in [0.3, 0.4) is 0 Å². The Bertz CT molecular complexity index is 685. The van der Waals surface area contributed by atoms with E-state index in [9.17, 15) is 18.0 Å². The molecule has 1 N–H and O–H groups in total. The fraction of sp³-hybridized carbons (Fsp3) is 0. The van der Waals surface area contributed by atoms with E-state index in [0.29, 0.717) is 12.1 Å². The van der Waals surface area contributed by atoms with E-state index in [4.69, 9.17) is 5.26 Å². The van der Waals surface area contributed by atoms with Crippen molar-refractivity contribution in [1.29, 1.82) is 5.26 Å². The highest BCUT2D eigenvalue weighted by atomic mass is 19.2. The first-order valence-corrected chi connectivity index (χ1v) is 5.33. The van der Waals surface area contributed by atoms with Crippen LogP contribution in [0.25, 0.3) is 0 Å². The first-order chi connectivity index (χ1) is 9.51. The summed E-state index contributed by atoms with van der Waals surface area (Å²) in [6, 6.07) is 5.79. The Morgan fingerprint density at radius 2 is 1.85 bits per heavy atom. The lowest BCUT2D eigenvalue weighted by Gasteiger charge is -2.05. The lowest BCUT2D eigenvalue weighted by atomic mass is 10.2. The molecular weight excluding hydrogens is 271 g/mol. The maximum atomic E-state index is 13.0. The number of nitriles is 1. The second-order valence-electron chi connectivity index (χ2n) is 3.75. The molecule has 0 spiro atoms. The van der Waals surface area contributed by atoms with Crippen LogP contribution in [-0.2, 0) is 0 Å². The number of amides is 1. The Morgan fingerprint density at radius 1 is 1.20 bits per heavy atom. The second kappa shape index (κ2) is 5.40. The fourth-order valence-electron chi connectivity index (χ4n) is 1.42. The lowest BCUT2D eigenvalue weighted by Crippen LogP contribution is -2.14. The molecule has 7 heteroatoms. The van der Waals surface area contributed by atoms with Gasteiger partial charge in [0.05, 0.1) is 5.56 Å². The van der Waals surface area contributed by atoms with Gasteiger partial charge < -0.3 is 5.32 Å². The summed E-state index contributed by atoms with van der Waals surface area (Å²) in [5.41, 5.74) is -0.0212. The molecule has 0 atom stereocenters. The summed E-state index contributed by atoms with van der Waals surface area (Å²) in [6.45, 7) is 0. The molecule has 0 unspecified atom stereocenters. The van der Waals surface area contributed by atoms with Crippen molar-refractivity contribution in [2.75, 3.05) is 5.32 Å². The number of aromatic nitrogens is 1. The van der Waals surface area contributed by atoms with E-state index in [-0.39, 0.29) is 16.9 Å². The van der Waals surface area contributed by atoms with Crippen LogP contribution in [0.15, 0.2) is 30.5 Å². The van der Waals surface area contributed by atoms with Crippen LogP contribution in [0, 0.1) is 28.8 Å². The second-order valence-corrected chi connectivity index (χ2v) is 3.75. The van der Waals surface area contributed by atoms with Crippen molar-refractivity contribution in [2.24, 2.45) is 0 Å². The van der Waals surface area contributed by atoms with Crippen molar-refractivity contribution in [3.63, 3.8) is 0 Å². The minimum atomic E-state index is -1.61. The number of hydrogen-bond acceptors (Lipinski definition) is 3. The van der Waals surface area contributed by atoms with Crippen LogP contribution >= 0.6 is 0 Å². The van der Waals surface area contributed by atoms with Crippen molar-refractivity contribution in [3.05, 3.63) is 59.2 Å². The van der Waals surface area contributed by atoms with Gasteiger partial charge in [0.15, 0.2) is 17.5 Å².